The fraction of sp³-hybridized carbons (Fsp3) is 0.500. The second-order valence-electron chi connectivity index (χ2n) is 8.85. The van der Waals surface area contributed by atoms with Crippen molar-refractivity contribution in [3.63, 3.8) is 0 Å². The van der Waals surface area contributed by atoms with E-state index in [1.807, 2.05) is 0 Å². The number of benzene rings is 1. The van der Waals surface area contributed by atoms with Crippen LogP contribution in [0.3, 0.4) is 0 Å². The van der Waals surface area contributed by atoms with E-state index in [2.05, 4.69) is 10.1 Å². The van der Waals surface area contributed by atoms with Crippen molar-refractivity contribution in [1.29, 1.82) is 0 Å². The van der Waals surface area contributed by atoms with E-state index in [4.69, 9.17) is 30.7 Å². The average Bonchev–Trinajstić information content (AvgIpc) is 3.09. The molecule has 0 bridgehead atoms. The van der Waals surface area contributed by atoms with Crippen molar-refractivity contribution in [2.45, 2.75) is 63.1 Å². The first-order valence-electron chi connectivity index (χ1n) is 11.5. The molecule has 17 heteroatoms. The molecule has 1 aromatic heterocycles. The fourth-order valence-corrected chi connectivity index (χ4v) is 5.37. The lowest BCUT2D eigenvalue weighted by Gasteiger charge is -2.33. The maximum absolute atomic E-state index is 14.0. The molecule has 1 fully saturated rings. The predicted octanol–water partition coefficient (Wildman–Crippen LogP) is 2.59. The number of aromatic nitrogens is 2. The fourth-order valence-electron chi connectivity index (χ4n) is 3.61. The highest BCUT2D eigenvalue weighted by Gasteiger charge is 2.71. The zero-order chi connectivity index (χ0) is 29.2. The first-order chi connectivity index (χ1) is 18.1. The normalized spacial score (nSPS) is 25.7. The molecule has 2 unspecified atom stereocenters. The van der Waals surface area contributed by atoms with Gasteiger partial charge in [0.15, 0.2) is 11.0 Å². The zero-order valence-electron chi connectivity index (χ0n) is 20.8. The molecule has 1 aliphatic heterocycles. The molecule has 1 saturated heterocycles. The maximum Gasteiger partial charge on any atom is 0.459 e. The Labute approximate surface area is 225 Å². The van der Waals surface area contributed by atoms with Crippen LogP contribution < -0.4 is 15.2 Å². The van der Waals surface area contributed by atoms with E-state index in [0.29, 0.717) is 4.57 Å². The van der Waals surface area contributed by atoms with Gasteiger partial charge in [0.2, 0.25) is 5.60 Å². The molecule has 216 valence electrons. The van der Waals surface area contributed by atoms with E-state index >= 15 is 0 Å². The number of halogens is 3. The van der Waals surface area contributed by atoms with Crippen molar-refractivity contribution in [2.75, 3.05) is 6.61 Å². The Balaban J connectivity index is 1.90. The van der Waals surface area contributed by atoms with Crippen molar-refractivity contribution >= 4 is 25.9 Å². The molecule has 0 aliphatic carbocycles. The molecule has 2 aromatic rings. The minimum absolute atomic E-state index is 0.0230. The quantitative estimate of drug-likeness (QED) is 0.181. The van der Waals surface area contributed by atoms with E-state index in [1.165, 1.54) is 19.1 Å². The number of aliphatic hydroxyl groups is 2. The van der Waals surface area contributed by atoms with E-state index in [9.17, 15) is 37.5 Å². The molecular weight excluding hydrogens is 570 g/mol. The summed E-state index contributed by atoms with van der Waals surface area (Å²) in [5, 5.41) is 23.6. The van der Waals surface area contributed by atoms with E-state index < -0.39 is 73.0 Å². The summed E-state index contributed by atoms with van der Waals surface area (Å²) in [5.74, 6) is -0.795. The molecule has 4 N–H and O–H groups in total. The Morgan fingerprint density at radius 2 is 1.92 bits per heavy atom. The molecule has 1 aliphatic rings. The third-order valence-electron chi connectivity index (χ3n) is 5.48. The summed E-state index contributed by atoms with van der Waals surface area (Å²) in [4.78, 5) is 25.9. The van der Waals surface area contributed by atoms with Crippen LogP contribution >= 0.6 is 20.0 Å². The highest BCUT2D eigenvalue weighted by Crippen LogP contribution is 2.50. The molecule has 0 amide bonds. The van der Waals surface area contributed by atoms with E-state index in [0.717, 1.165) is 12.3 Å². The Hall–Kier alpha value is -2.59. The molecule has 3 rings (SSSR count). The molecule has 6 atom stereocenters. The van der Waals surface area contributed by atoms with Gasteiger partial charge < -0.3 is 24.2 Å². The lowest BCUT2D eigenvalue weighted by atomic mass is 9.93. The molecular formula is C22H27F3N3O9PS. The monoisotopic (exact) mass is 597 g/mol. The first-order valence-corrected chi connectivity index (χ1v) is 13.4. The van der Waals surface area contributed by atoms with Crippen molar-refractivity contribution in [3.8, 4) is 5.75 Å². The van der Waals surface area contributed by atoms with Crippen LogP contribution in [0.1, 0.15) is 27.0 Å². The summed E-state index contributed by atoms with van der Waals surface area (Å²) in [6, 6.07) is 7.13. The highest BCUT2D eigenvalue weighted by atomic mass is 32.1. The van der Waals surface area contributed by atoms with E-state index in [1.54, 1.807) is 32.0 Å². The number of alkyl halides is 3. The molecule has 39 heavy (non-hydrogen) atoms. The minimum Gasteiger partial charge on any atom is -0.462 e. The van der Waals surface area contributed by atoms with Gasteiger partial charge in [0.05, 0.1) is 12.7 Å². The number of hydrogen-bond acceptors (Lipinski definition) is 10. The topological polar surface area (TPSA) is 161 Å². The molecule has 2 heterocycles. The molecule has 0 radical (unpaired) electrons. The number of aliphatic hydroxyl groups excluding tert-OH is 1. The van der Waals surface area contributed by atoms with Gasteiger partial charge in [0.25, 0.3) is 5.56 Å². The van der Waals surface area contributed by atoms with Crippen LogP contribution in [0.15, 0.2) is 47.4 Å². The molecule has 12 nitrogen and oxygen atoms in total. The van der Waals surface area contributed by atoms with Gasteiger partial charge in [0.1, 0.15) is 24.0 Å². The second-order valence-corrected chi connectivity index (χ2v) is 10.9. The second kappa shape index (κ2) is 11.9. The number of aromatic amines is 1. The summed E-state index contributed by atoms with van der Waals surface area (Å²) < 4.78 is 76.9. The van der Waals surface area contributed by atoms with Crippen LogP contribution in [0.5, 0.6) is 5.75 Å². The van der Waals surface area contributed by atoms with Crippen LogP contribution in [0.25, 0.3) is 0 Å². The van der Waals surface area contributed by atoms with Crippen molar-refractivity contribution in [3.05, 3.63) is 57.7 Å². The maximum atomic E-state index is 14.0. The number of H-pyrrole nitrogens is 1. The number of hydrogen-bond donors (Lipinski definition) is 4. The van der Waals surface area contributed by atoms with Gasteiger partial charge in [-0.15, -0.1) is 0 Å². The number of carbonyl (C=O) groups is 1. The Morgan fingerprint density at radius 3 is 2.49 bits per heavy atom. The average molecular weight is 598 g/mol. The Bertz CT molecular complexity index is 1320. The lowest BCUT2D eigenvalue weighted by Crippen LogP contribution is -2.58. The summed E-state index contributed by atoms with van der Waals surface area (Å²) in [6.07, 6.45) is -12.0. The Kier molecular flexibility index (Phi) is 9.43. The lowest BCUT2D eigenvalue weighted by molar-refractivity contribution is -0.304. The van der Waals surface area contributed by atoms with Gasteiger partial charge in [-0.25, -0.2) is 4.57 Å². The number of nitrogens with zero attached hydrogens (tertiary/aromatic N) is 1. The summed E-state index contributed by atoms with van der Waals surface area (Å²) in [5.41, 5.74) is -4.63. The molecule has 1 aromatic carbocycles. The molecule has 0 saturated carbocycles. The van der Waals surface area contributed by atoms with Crippen molar-refractivity contribution < 1.29 is 51.3 Å². The third kappa shape index (κ3) is 6.95. The van der Waals surface area contributed by atoms with Crippen molar-refractivity contribution in [1.82, 2.24) is 14.6 Å². The van der Waals surface area contributed by atoms with Crippen molar-refractivity contribution in [2.24, 2.45) is 0 Å². The number of nitrogens with one attached hydrogen (secondary N) is 2. The predicted molar refractivity (Wildman–Crippen MR) is 131 cm³/mol. The number of carbonyl (C=O) groups excluding carboxylic acids is 1. The van der Waals surface area contributed by atoms with Gasteiger partial charge in [0, 0.05) is 12.3 Å². The van der Waals surface area contributed by atoms with Crippen LogP contribution in [-0.2, 0) is 23.4 Å². The summed E-state index contributed by atoms with van der Waals surface area (Å²) in [6.45, 7) is 3.47. The van der Waals surface area contributed by atoms with Crippen LogP contribution in [0.2, 0.25) is 0 Å². The van der Waals surface area contributed by atoms with Crippen LogP contribution in [-0.4, -0.2) is 68.5 Å². The van der Waals surface area contributed by atoms with Gasteiger partial charge in [-0.3, -0.25) is 23.7 Å². The number of para-hydroxylation sites is 1. The van der Waals surface area contributed by atoms with Gasteiger partial charge in [-0.05, 0) is 45.1 Å². The SMILES string of the molecule is CC(C)OC(=O)[C@H](C)NP(=O)(OC[C@H]1O[C@@H](n2ccc(=O)[nH]c2=S)[C@@](O)(C(F)(F)F)C1O)Oc1ccccc1. The zero-order valence-corrected chi connectivity index (χ0v) is 22.5. The Morgan fingerprint density at radius 1 is 1.28 bits per heavy atom. The smallest absolute Gasteiger partial charge is 0.459 e. The van der Waals surface area contributed by atoms with Gasteiger partial charge in [-0.1, -0.05) is 18.2 Å². The third-order valence-corrected chi connectivity index (χ3v) is 7.43. The summed E-state index contributed by atoms with van der Waals surface area (Å²) in [7, 11) is -4.54. The minimum atomic E-state index is -5.45. The highest BCUT2D eigenvalue weighted by molar-refractivity contribution is 7.71. The van der Waals surface area contributed by atoms with E-state index in [-0.39, 0.29) is 5.75 Å². The van der Waals surface area contributed by atoms with Crippen LogP contribution in [0, 0.1) is 4.77 Å². The molecule has 0 spiro atoms. The largest absolute Gasteiger partial charge is 0.462 e. The number of ether oxygens (including phenoxy) is 2. The summed E-state index contributed by atoms with van der Waals surface area (Å²) >= 11 is 4.89. The standard InChI is InChI=1S/C22H27F3N3O9PS/c1-12(2)35-18(31)13(3)27-38(33,37-14-7-5-4-6-8-14)34-11-15-17(30)21(32,22(23,24)25)19(36-15)28-10-9-16(29)26-20(28)39/h4-10,12-13,15,17,19,30,32H,11H2,1-3H3,(H,27,33)(H,26,29,39)/t13-,15+,17?,19+,21+,38?/m0/s1. The van der Waals surface area contributed by atoms with Gasteiger partial charge in [-0.2, -0.15) is 18.3 Å². The number of esters is 1. The van der Waals surface area contributed by atoms with Crippen LogP contribution in [0.4, 0.5) is 13.2 Å². The first kappa shape index (κ1) is 30.9. The number of rotatable bonds is 10. The van der Waals surface area contributed by atoms with Gasteiger partial charge >= 0.3 is 19.9 Å².